The second-order valence-corrected chi connectivity index (χ2v) is 8.80. The van der Waals surface area contributed by atoms with Crippen molar-refractivity contribution in [3.05, 3.63) is 22.6 Å². The van der Waals surface area contributed by atoms with Crippen molar-refractivity contribution in [2.45, 2.75) is 19.4 Å². The van der Waals surface area contributed by atoms with Crippen molar-refractivity contribution in [2.75, 3.05) is 46.4 Å². The van der Waals surface area contributed by atoms with Crippen LogP contribution in [0, 0.1) is 0 Å². The molecule has 25 heavy (non-hydrogen) atoms. The number of aromatic nitrogens is 2. The van der Waals surface area contributed by atoms with Crippen LogP contribution in [0.25, 0.3) is 11.3 Å². The van der Waals surface area contributed by atoms with Crippen molar-refractivity contribution < 1.29 is 9.47 Å². The van der Waals surface area contributed by atoms with E-state index < -0.39 is 0 Å². The number of nitrogens with zero attached hydrogens (tertiary/aromatic N) is 4. The molecule has 2 aliphatic heterocycles. The molecule has 6 nitrogen and oxygen atoms in total. The van der Waals surface area contributed by atoms with E-state index in [1.165, 1.54) is 4.44 Å². The van der Waals surface area contributed by atoms with Gasteiger partial charge in [-0.3, -0.25) is 0 Å². The van der Waals surface area contributed by atoms with E-state index in [9.17, 15) is 0 Å². The Morgan fingerprint density at radius 1 is 1.24 bits per heavy atom. The molecular weight excluding hydrogens is 383 g/mol. The van der Waals surface area contributed by atoms with Crippen molar-refractivity contribution in [1.29, 1.82) is 0 Å². The van der Waals surface area contributed by atoms with E-state index in [0.29, 0.717) is 6.61 Å². The molecule has 2 aliphatic rings. The fraction of sp³-hybridized carbons (Fsp3) is 0.556. The summed E-state index contributed by atoms with van der Waals surface area (Å²) in [7, 11) is 2.17. The van der Waals surface area contributed by atoms with Gasteiger partial charge in [0.25, 0.3) is 0 Å². The van der Waals surface area contributed by atoms with Gasteiger partial charge in [-0.25, -0.2) is 0 Å². The molecule has 0 radical (unpaired) electrons. The molecule has 0 atom stereocenters. The standard InChI is InChI=1S/C18H24N4O2Se/c1-18(2)17-16(19-20-25-17)14-5-4-13(12-15(14)24-18)23-11-10-22-8-6-21(3)7-9-22/h4-5,12H,6-11H2,1-3H3. The van der Waals surface area contributed by atoms with Gasteiger partial charge < -0.3 is 4.90 Å². The number of benzene rings is 1. The predicted octanol–water partition coefficient (Wildman–Crippen LogP) is 1.45. The molecule has 2 aromatic rings. The number of piperazine rings is 1. The van der Waals surface area contributed by atoms with Crippen molar-refractivity contribution >= 4 is 14.7 Å². The SMILES string of the molecule is CN1CCN(CCOc2ccc3c(c2)OC(C)(C)c2[se]nnc2-3)CC1. The molecular formula is C18H24N4O2Se. The molecule has 0 aliphatic carbocycles. The predicted molar refractivity (Wildman–Crippen MR) is 97.5 cm³/mol. The van der Waals surface area contributed by atoms with Gasteiger partial charge in [-0.05, 0) is 7.05 Å². The van der Waals surface area contributed by atoms with E-state index >= 15 is 0 Å². The summed E-state index contributed by atoms with van der Waals surface area (Å²) >= 11 is 0.0498. The van der Waals surface area contributed by atoms with Gasteiger partial charge >= 0.3 is 142 Å². The normalized spacial score (nSPS) is 19.8. The minimum atomic E-state index is -0.343. The topological polar surface area (TPSA) is 50.7 Å². The zero-order chi connectivity index (χ0) is 17.4. The van der Waals surface area contributed by atoms with Crippen molar-refractivity contribution in [2.24, 2.45) is 0 Å². The summed E-state index contributed by atoms with van der Waals surface area (Å²) in [6.45, 7) is 10.3. The van der Waals surface area contributed by atoms with Gasteiger partial charge in [0, 0.05) is 0 Å². The van der Waals surface area contributed by atoms with Crippen LogP contribution in [0.3, 0.4) is 0 Å². The summed E-state index contributed by atoms with van der Waals surface area (Å²) in [4.78, 5) is 4.82. The first kappa shape index (κ1) is 17.0. The average molecular weight is 407 g/mol. The van der Waals surface area contributed by atoms with Gasteiger partial charge in [0.05, 0.1) is 0 Å². The second kappa shape index (κ2) is 6.72. The Morgan fingerprint density at radius 3 is 2.84 bits per heavy atom. The van der Waals surface area contributed by atoms with Crippen LogP contribution in [0.15, 0.2) is 18.2 Å². The van der Waals surface area contributed by atoms with Gasteiger partial charge in [-0.2, -0.15) is 0 Å². The number of fused-ring (bicyclic) bond motifs is 3. The number of hydrogen-bond donors (Lipinski definition) is 0. The maximum atomic E-state index is 6.22. The first-order valence-electron chi connectivity index (χ1n) is 8.73. The monoisotopic (exact) mass is 408 g/mol. The minimum absolute atomic E-state index is 0.0498. The molecule has 1 fully saturated rings. The van der Waals surface area contributed by atoms with Crippen LogP contribution in [0.4, 0.5) is 0 Å². The third kappa shape index (κ3) is 3.47. The van der Waals surface area contributed by atoms with Gasteiger partial charge in [0.2, 0.25) is 0 Å². The van der Waals surface area contributed by atoms with Crippen LogP contribution in [-0.2, 0) is 5.60 Å². The molecule has 0 spiro atoms. The van der Waals surface area contributed by atoms with Gasteiger partial charge in [0.15, 0.2) is 0 Å². The Bertz CT molecular complexity index is 753. The van der Waals surface area contributed by atoms with Crippen LogP contribution < -0.4 is 9.47 Å². The van der Waals surface area contributed by atoms with E-state index in [1.54, 1.807) is 0 Å². The molecule has 3 heterocycles. The molecule has 0 amide bonds. The van der Waals surface area contributed by atoms with Crippen LogP contribution in [-0.4, -0.2) is 80.1 Å². The maximum absolute atomic E-state index is 6.22. The number of hydrogen-bond acceptors (Lipinski definition) is 6. The Kier molecular flexibility index (Phi) is 4.58. The average Bonchev–Trinajstić information content (AvgIpc) is 3.07. The summed E-state index contributed by atoms with van der Waals surface area (Å²) in [5.74, 6) is 1.70. The van der Waals surface area contributed by atoms with E-state index in [-0.39, 0.29) is 20.3 Å². The Balaban J connectivity index is 1.42. The van der Waals surface area contributed by atoms with Gasteiger partial charge in [-0.15, -0.1) is 0 Å². The summed E-state index contributed by atoms with van der Waals surface area (Å²) in [5.41, 5.74) is 1.68. The van der Waals surface area contributed by atoms with Crippen LogP contribution in [0.1, 0.15) is 18.3 Å². The van der Waals surface area contributed by atoms with Gasteiger partial charge in [0.1, 0.15) is 0 Å². The molecule has 4 rings (SSSR count). The van der Waals surface area contributed by atoms with Crippen molar-refractivity contribution in [3.8, 4) is 22.8 Å². The quantitative estimate of drug-likeness (QED) is 0.716. The van der Waals surface area contributed by atoms with E-state index in [4.69, 9.17) is 9.47 Å². The second-order valence-electron chi connectivity index (χ2n) is 7.21. The molecule has 0 saturated carbocycles. The van der Waals surface area contributed by atoms with Crippen LogP contribution in [0.2, 0.25) is 0 Å². The summed E-state index contributed by atoms with van der Waals surface area (Å²) in [6, 6.07) is 6.05. The van der Waals surface area contributed by atoms with Crippen LogP contribution in [0.5, 0.6) is 11.5 Å². The summed E-state index contributed by atoms with van der Waals surface area (Å²) in [5, 5.41) is 4.35. The summed E-state index contributed by atoms with van der Waals surface area (Å²) < 4.78 is 17.7. The molecule has 1 aromatic carbocycles. The number of ether oxygens (including phenoxy) is 2. The molecule has 1 aromatic heterocycles. The summed E-state index contributed by atoms with van der Waals surface area (Å²) in [6.07, 6.45) is 0. The Morgan fingerprint density at radius 2 is 2.04 bits per heavy atom. The molecule has 7 heteroatoms. The molecule has 1 saturated heterocycles. The Labute approximate surface area is 154 Å². The van der Waals surface area contributed by atoms with Crippen molar-refractivity contribution in [1.82, 2.24) is 19.0 Å². The Hall–Kier alpha value is -1.40. The zero-order valence-electron chi connectivity index (χ0n) is 15.0. The third-order valence-corrected chi connectivity index (χ3v) is 7.04. The number of likely N-dealkylation sites (N-methyl/N-ethyl adjacent to an activating group) is 1. The fourth-order valence-corrected chi connectivity index (χ4v) is 4.79. The molecule has 0 unspecified atom stereocenters. The van der Waals surface area contributed by atoms with Crippen LogP contribution >= 0.6 is 0 Å². The van der Waals surface area contributed by atoms with Crippen molar-refractivity contribution in [3.63, 3.8) is 0 Å². The fourth-order valence-electron chi connectivity index (χ4n) is 3.32. The molecule has 134 valence electrons. The van der Waals surface area contributed by atoms with E-state index in [0.717, 1.165) is 55.5 Å². The third-order valence-electron chi connectivity index (χ3n) is 4.88. The van der Waals surface area contributed by atoms with Gasteiger partial charge in [-0.1, -0.05) is 0 Å². The first-order valence-corrected chi connectivity index (χ1v) is 10.4. The van der Waals surface area contributed by atoms with E-state index in [1.807, 2.05) is 18.2 Å². The molecule has 0 bridgehead atoms. The van der Waals surface area contributed by atoms with E-state index in [2.05, 4.69) is 39.9 Å². The zero-order valence-corrected chi connectivity index (χ0v) is 16.7. The molecule has 0 N–H and O–H groups in total. The first-order chi connectivity index (χ1) is 12.0. The number of rotatable bonds is 4.